The third-order valence-corrected chi connectivity index (χ3v) is 3.13. The molecule has 0 spiro atoms. The van der Waals surface area contributed by atoms with Crippen LogP contribution < -0.4 is 5.56 Å². The zero-order chi connectivity index (χ0) is 10.4. The highest BCUT2D eigenvalue weighted by atomic mass is 32.2. The molecule has 1 rings (SSSR count). The van der Waals surface area contributed by atoms with Gasteiger partial charge in [0.2, 0.25) is 0 Å². The Hall–Kier alpha value is -0.700. The number of aryl methyl sites for hydroxylation is 1. The summed E-state index contributed by atoms with van der Waals surface area (Å²) in [5.41, 5.74) is 1.17. The van der Waals surface area contributed by atoms with E-state index in [-0.39, 0.29) is 5.56 Å². The number of pyridine rings is 1. The Balaban J connectivity index is 2.54. The Bertz CT molecular complexity index is 332. The number of hydrogen-bond donors (Lipinski definition) is 0. The monoisotopic (exact) mass is 211 g/mol. The van der Waals surface area contributed by atoms with Crippen LogP contribution in [-0.2, 0) is 6.54 Å². The maximum Gasteiger partial charge on any atom is 0.250 e. The molecule has 14 heavy (non-hydrogen) atoms. The quantitative estimate of drug-likeness (QED) is 0.697. The first-order chi connectivity index (χ1) is 6.75. The van der Waals surface area contributed by atoms with E-state index in [1.165, 1.54) is 0 Å². The van der Waals surface area contributed by atoms with Gasteiger partial charge in [0.25, 0.3) is 5.56 Å². The number of thioether (sulfide) groups is 1. The number of rotatable bonds is 5. The average Bonchev–Trinajstić information content (AvgIpc) is 2.16. The molecule has 1 aromatic heterocycles. The first-order valence-electron chi connectivity index (χ1n) is 5.00. The molecule has 2 nitrogen and oxygen atoms in total. The van der Waals surface area contributed by atoms with Crippen LogP contribution in [0.4, 0.5) is 0 Å². The van der Waals surface area contributed by atoms with Crippen LogP contribution in [0.25, 0.3) is 0 Å². The van der Waals surface area contributed by atoms with Crippen LogP contribution in [0.1, 0.15) is 19.0 Å². The lowest BCUT2D eigenvalue weighted by Crippen LogP contribution is -2.21. The van der Waals surface area contributed by atoms with Gasteiger partial charge in [-0.25, -0.2) is 0 Å². The molecule has 0 saturated heterocycles. The molecular weight excluding hydrogens is 194 g/mol. The van der Waals surface area contributed by atoms with E-state index in [1.54, 1.807) is 6.07 Å². The summed E-state index contributed by atoms with van der Waals surface area (Å²) in [5.74, 6) is 2.29. The van der Waals surface area contributed by atoms with Gasteiger partial charge in [0.1, 0.15) is 0 Å². The second kappa shape index (κ2) is 5.91. The largest absolute Gasteiger partial charge is 0.313 e. The van der Waals surface area contributed by atoms with Crippen molar-refractivity contribution in [3.8, 4) is 0 Å². The van der Waals surface area contributed by atoms with Gasteiger partial charge in [-0.1, -0.05) is 13.0 Å². The van der Waals surface area contributed by atoms with Crippen molar-refractivity contribution in [2.24, 2.45) is 0 Å². The van der Waals surface area contributed by atoms with Crippen molar-refractivity contribution in [3.63, 3.8) is 0 Å². The number of nitrogens with zero attached hydrogens (tertiary/aromatic N) is 1. The third kappa shape index (κ3) is 3.22. The van der Waals surface area contributed by atoms with Crippen molar-refractivity contribution in [2.45, 2.75) is 26.8 Å². The van der Waals surface area contributed by atoms with E-state index in [0.29, 0.717) is 0 Å². The Morgan fingerprint density at radius 1 is 1.43 bits per heavy atom. The molecule has 0 unspecified atom stereocenters. The van der Waals surface area contributed by atoms with Gasteiger partial charge < -0.3 is 4.57 Å². The van der Waals surface area contributed by atoms with Gasteiger partial charge in [0.15, 0.2) is 0 Å². The van der Waals surface area contributed by atoms with Crippen LogP contribution in [0, 0.1) is 6.92 Å². The maximum absolute atomic E-state index is 11.5. The maximum atomic E-state index is 11.5. The number of hydrogen-bond acceptors (Lipinski definition) is 2. The zero-order valence-corrected chi connectivity index (χ0v) is 9.64. The Morgan fingerprint density at radius 3 is 2.86 bits per heavy atom. The van der Waals surface area contributed by atoms with Crippen molar-refractivity contribution in [1.82, 2.24) is 4.57 Å². The van der Waals surface area contributed by atoms with Crippen LogP contribution in [-0.4, -0.2) is 16.1 Å². The van der Waals surface area contributed by atoms with Crippen molar-refractivity contribution in [2.75, 3.05) is 11.5 Å². The molecule has 0 aliphatic heterocycles. The summed E-state index contributed by atoms with van der Waals surface area (Å²) in [6, 6.07) is 5.42. The average molecular weight is 211 g/mol. The Labute approximate surface area is 89.3 Å². The lowest BCUT2D eigenvalue weighted by atomic mass is 10.3. The molecule has 0 fully saturated rings. The molecule has 0 saturated carbocycles. The van der Waals surface area contributed by atoms with E-state index in [2.05, 4.69) is 6.92 Å². The van der Waals surface area contributed by atoms with Crippen LogP contribution >= 0.6 is 11.8 Å². The molecule has 3 heteroatoms. The molecule has 0 amide bonds. The van der Waals surface area contributed by atoms with Gasteiger partial charge >= 0.3 is 0 Å². The predicted molar refractivity (Wildman–Crippen MR) is 63.1 cm³/mol. The molecular formula is C11H17NOS. The molecule has 0 bridgehead atoms. The summed E-state index contributed by atoms with van der Waals surface area (Å²) in [7, 11) is 0. The van der Waals surface area contributed by atoms with E-state index in [1.807, 2.05) is 35.4 Å². The topological polar surface area (TPSA) is 22.0 Å². The fraction of sp³-hybridized carbons (Fsp3) is 0.545. The molecule has 0 atom stereocenters. The summed E-state index contributed by atoms with van der Waals surface area (Å²) in [4.78, 5) is 11.5. The van der Waals surface area contributed by atoms with Gasteiger partial charge in [-0.2, -0.15) is 11.8 Å². The smallest absolute Gasteiger partial charge is 0.250 e. The Morgan fingerprint density at radius 2 is 2.21 bits per heavy atom. The van der Waals surface area contributed by atoms with E-state index in [0.717, 1.165) is 30.2 Å². The van der Waals surface area contributed by atoms with Gasteiger partial charge in [0.05, 0.1) is 0 Å². The number of aromatic nitrogens is 1. The van der Waals surface area contributed by atoms with Crippen molar-refractivity contribution < 1.29 is 0 Å². The lowest BCUT2D eigenvalue weighted by Gasteiger charge is -2.08. The fourth-order valence-electron chi connectivity index (χ4n) is 1.38. The lowest BCUT2D eigenvalue weighted by molar-refractivity contribution is 0.639. The molecule has 0 aliphatic carbocycles. The molecule has 1 heterocycles. The van der Waals surface area contributed by atoms with E-state index < -0.39 is 0 Å². The molecule has 78 valence electrons. The van der Waals surface area contributed by atoms with Gasteiger partial charge in [0, 0.05) is 18.3 Å². The van der Waals surface area contributed by atoms with Crippen molar-refractivity contribution in [3.05, 3.63) is 34.2 Å². The molecule has 0 N–H and O–H groups in total. The van der Waals surface area contributed by atoms with E-state index in [4.69, 9.17) is 0 Å². The highest BCUT2D eigenvalue weighted by Gasteiger charge is 1.97. The zero-order valence-electron chi connectivity index (χ0n) is 8.82. The van der Waals surface area contributed by atoms with Crippen LogP contribution in [0.3, 0.4) is 0 Å². The highest BCUT2D eigenvalue weighted by molar-refractivity contribution is 7.99. The molecule has 0 aliphatic rings. The normalized spacial score (nSPS) is 10.4. The predicted octanol–water partition coefficient (Wildman–Crippen LogP) is 2.30. The summed E-state index contributed by atoms with van der Waals surface area (Å²) < 4.78 is 1.84. The first-order valence-corrected chi connectivity index (χ1v) is 6.15. The molecule has 0 radical (unpaired) electrons. The minimum atomic E-state index is 0.117. The van der Waals surface area contributed by atoms with Crippen LogP contribution in [0.2, 0.25) is 0 Å². The van der Waals surface area contributed by atoms with Crippen molar-refractivity contribution >= 4 is 11.8 Å². The summed E-state index contributed by atoms with van der Waals surface area (Å²) in [6.07, 6.45) is 1.07. The van der Waals surface area contributed by atoms with E-state index in [9.17, 15) is 4.79 Å². The summed E-state index contributed by atoms with van der Waals surface area (Å²) in [6.45, 7) is 4.98. The summed E-state index contributed by atoms with van der Waals surface area (Å²) >= 11 is 1.92. The second-order valence-electron chi connectivity index (χ2n) is 3.21. The Kier molecular flexibility index (Phi) is 4.80. The highest BCUT2D eigenvalue weighted by Crippen LogP contribution is 2.03. The van der Waals surface area contributed by atoms with Crippen LogP contribution in [0.5, 0.6) is 0 Å². The van der Waals surface area contributed by atoms with Gasteiger partial charge in [-0.3, -0.25) is 4.79 Å². The summed E-state index contributed by atoms with van der Waals surface area (Å²) in [5, 5.41) is 0. The van der Waals surface area contributed by atoms with Gasteiger partial charge in [-0.05, 0) is 30.9 Å². The van der Waals surface area contributed by atoms with E-state index >= 15 is 0 Å². The third-order valence-electron chi connectivity index (χ3n) is 2.14. The van der Waals surface area contributed by atoms with Gasteiger partial charge in [-0.15, -0.1) is 0 Å². The minimum absolute atomic E-state index is 0.117. The van der Waals surface area contributed by atoms with Crippen molar-refractivity contribution in [1.29, 1.82) is 0 Å². The molecule has 1 aromatic rings. The fourth-order valence-corrected chi connectivity index (χ4v) is 2.00. The first kappa shape index (κ1) is 11.4. The minimum Gasteiger partial charge on any atom is -0.313 e. The second-order valence-corrected chi connectivity index (χ2v) is 4.60. The standard InChI is InChI=1S/C11H17NOS/c1-3-14-9-5-8-12-10(2)6-4-7-11(12)13/h4,6-7H,3,5,8-9H2,1-2H3. The van der Waals surface area contributed by atoms with Crippen LogP contribution in [0.15, 0.2) is 23.0 Å². The molecule has 0 aromatic carbocycles. The SMILES string of the molecule is CCSCCCn1c(C)cccc1=O.